The molecule has 0 aliphatic carbocycles. The summed E-state index contributed by atoms with van der Waals surface area (Å²) >= 11 is 7.58. The van der Waals surface area contributed by atoms with Crippen LogP contribution in [0.15, 0.2) is 29.2 Å². The average Bonchev–Trinajstić information content (AvgIpc) is 2.47. The zero-order valence-electron chi connectivity index (χ0n) is 11.4. The SMILES string of the molecule is O=C(CSc1ccccc1Cl)N1CCCC(CCO)C1. The first-order valence-corrected chi connectivity index (χ1v) is 8.33. The molecule has 2 rings (SSSR count). The number of hydrogen-bond donors (Lipinski definition) is 1. The van der Waals surface area contributed by atoms with Gasteiger partial charge in [0.2, 0.25) is 5.91 Å². The number of benzene rings is 1. The van der Waals surface area contributed by atoms with Gasteiger partial charge >= 0.3 is 0 Å². The van der Waals surface area contributed by atoms with Gasteiger partial charge in [-0.1, -0.05) is 23.7 Å². The topological polar surface area (TPSA) is 40.5 Å². The predicted molar refractivity (Wildman–Crippen MR) is 83.2 cm³/mol. The summed E-state index contributed by atoms with van der Waals surface area (Å²) in [5.41, 5.74) is 0. The van der Waals surface area contributed by atoms with E-state index in [0.717, 1.165) is 37.2 Å². The summed E-state index contributed by atoms with van der Waals surface area (Å²) < 4.78 is 0. The maximum Gasteiger partial charge on any atom is 0.232 e. The molecule has 1 amide bonds. The highest BCUT2D eigenvalue weighted by Gasteiger charge is 2.23. The zero-order chi connectivity index (χ0) is 14.4. The number of piperidine rings is 1. The Labute approximate surface area is 129 Å². The van der Waals surface area contributed by atoms with Crippen LogP contribution in [0.3, 0.4) is 0 Å². The quantitative estimate of drug-likeness (QED) is 0.849. The summed E-state index contributed by atoms with van der Waals surface area (Å²) in [5, 5.41) is 9.70. The molecule has 0 saturated carbocycles. The second-order valence-corrected chi connectivity index (χ2v) is 6.50. The lowest BCUT2D eigenvalue weighted by atomic mass is 9.95. The Kier molecular flexibility index (Phi) is 6.20. The largest absolute Gasteiger partial charge is 0.396 e. The maximum absolute atomic E-state index is 12.2. The third kappa shape index (κ3) is 4.40. The fourth-order valence-corrected chi connectivity index (χ4v) is 3.64. The second kappa shape index (κ2) is 7.91. The highest BCUT2D eigenvalue weighted by molar-refractivity contribution is 8.00. The van der Waals surface area contributed by atoms with Crippen LogP contribution in [-0.4, -0.2) is 41.4 Å². The molecule has 0 spiro atoms. The van der Waals surface area contributed by atoms with Gasteiger partial charge in [0.1, 0.15) is 0 Å². The summed E-state index contributed by atoms with van der Waals surface area (Å²) in [4.78, 5) is 15.1. The van der Waals surface area contributed by atoms with Crippen molar-refractivity contribution in [2.75, 3.05) is 25.4 Å². The predicted octanol–water partition coefficient (Wildman–Crippen LogP) is 3.05. The van der Waals surface area contributed by atoms with E-state index in [2.05, 4.69) is 0 Å². The number of aliphatic hydroxyl groups excluding tert-OH is 1. The lowest BCUT2D eigenvalue weighted by Gasteiger charge is -2.32. The molecule has 1 N–H and O–H groups in total. The van der Waals surface area contributed by atoms with Gasteiger partial charge in [-0.15, -0.1) is 11.8 Å². The van der Waals surface area contributed by atoms with E-state index in [1.807, 2.05) is 29.2 Å². The number of thioether (sulfide) groups is 1. The summed E-state index contributed by atoms with van der Waals surface area (Å²) in [6.45, 7) is 1.83. The van der Waals surface area contributed by atoms with Gasteiger partial charge in [-0.25, -0.2) is 0 Å². The lowest BCUT2D eigenvalue weighted by Crippen LogP contribution is -2.41. The Balaban J connectivity index is 1.84. The lowest BCUT2D eigenvalue weighted by molar-refractivity contribution is -0.130. The van der Waals surface area contributed by atoms with Crippen molar-refractivity contribution in [2.24, 2.45) is 5.92 Å². The van der Waals surface area contributed by atoms with Crippen LogP contribution >= 0.6 is 23.4 Å². The molecule has 3 nitrogen and oxygen atoms in total. The number of likely N-dealkylation sites (tertiary alicyclic amines) is 1. The van der Waals surface area contributed by atoms with Gasteiger partial charge < -0.3 is 10.0 Å². The van der Waals surface area contributed by atoms with Crippen molar-refractivity contribution in [2.45, 2.75) is 24.2 Å². The van der Waals surface area contributed by atoms with Crippen LogP contribution in [0, 0.1) is 5.92 Å². The zero-order valence-corrected chi connectivity index (χ0v) is 13.0. The first-order valence-electron chi connectivity index (χ1n) is 6.96. The third-order valence-corrected chi connectivity index (χ3v) is 5.10. The van der Waals surface area contributed by atoms with Gasteiger partial charge in [0.25, 0.3) is 0 Å². The molecule has 0 aromatic heterocycles. The number of amides is 1. The molecule has 5 heteroatoms. The minimum absolute atomic E-state index is 0.164. The average molecular weight is 314 g/mol. The summed E-state index contributed by atoms with van der Waals surface area (Å²) in [5.74, 6) is 1.04. The fraction of sp³-hybridized carbons (Fsp3) is 0.533. The molecule has 1 aromatic carbocycles. The van der Waals surface area contributed by atoms with E-state index in [0.29, 0.717) is 16.7 Å². The van der Waals surface area contributed by atoms with Gasteiger partial charge in [-0.2, -0.15) is 0 Å². The number of carbonyl (C=O) groups is 1. The van der Waals surface area contributed by atoms with Crippen molar-refractivity contribution in [1.29, 1.82) is 0 Å². The molecular formula is C15H20ClNO2S. The highest BCUT2D eigenvalue weighted by Crippen LogP contribution is 2.27. The van der Waals surface area contributed by atoms with Gasteiger partial charge in [-0.3, -0.25) is 4.79 Å². The fourth-order valence-electron chi connectivity index (χ4n) is 2.50. The molecule has 0 radical (unpaired) electrons. The number of rotatable bonds is 5. The van der Waals surface area contributed by atoms with E-state index in [9.17, 15) is 4.79 Å². The summed E-state index contributed by atoms with van der Waals surface area (Å²) in [7, 11) is 0. The van der Waals surface area contributed by atoms with Crippen LogP contribution in [0.4, 0.5) is 0 Å². The number of nitrogens with zero attached hydrogens (tertiary/aromatic N) is 1. The molecule has 1 heterocycles. The second-order valence-electron chi connectivity index (χ2n) is 5.08. The Morgan fingerprint density at radius 3 is 3.00 bits per heavy atom. The minimum Gasteiger partial charge on any atom is -0.396 e. The van der Waals surface area contributed by atoms with Crippen molar-refractivity contribution in [3.8, 4) is 0 Å². The van der Waals surface area contributed by atoms with Gasteiger partial charge in [0.05, 0.1) is 10.8 Å². The molecule has 1 atom stereocenters. The molecule has 1 aliphatic rings. The molecule has 1 saturated heterocycles. The van der Waals surface area contributed by atoms with Crippen LogP contribution in [0.1, 0.15) is 19.3 Å². The Morgan fingerprint density at radius 2 is 2.25 bits per heavy atom. The monoisotopic (exact) mass is 313 g/mol. The van der Waals surface area contributed by atoms with E-state index in [-0.39, 0.29) is 12.5 Å². The van der Waals surface area contributed by atoms with Crippen molar-refractivity contribution < 1.29 is 9.90 Å². The standard InChI is InChI=1S/C15H20ClNO2S/c16-13-5-1-2-6-14(13)20-11-15(19)17-8-3-4-12(10-17)7-9-18/h1-2,5-6,12,18H,3-4,7-11H2. The van der Waals surface area contributed by atoms with Crippen LogP contribution < -0.4 is 0 Å². The Hall–Kier alpha value is -0.710. The molecule has 1 unspecified atom stereocenters. The molecule has 1 aromatic rings. The van der Waals surface area contributed by atoms with E-state index in [1.165, 1.54) is 11.8 Å². The van der Waals surface area contributed by atoms with Gasteiger partial charge in [-0.05, 0) is 37.3 Å². The number of carbonyl (C=O) groups excluding carboxylic acids is 1. The highest BCUT2D eigenvalue weighted by atomic mass is 35.5. The van der Waals surface area contributed by atoms with E-state index in [4.69, 9.17) is 16.7 Å². The van der Waals surface area contributed by atoms with E-state index < -0.39 is 0 Å². The number of aliphatic hydroxyl groups is 1. The number of hydrogen-bond acceptors (Lipinski definition) is 3. The van der Waals surface area contributed by atoms with Crippen LogP contribution in [0.25, 0.3) is 0 Å². The van der Waals surface area contributed by atoms with Crippen molar-refractivity contribution in [3.05, 3.63) is 29.3 Å². The first kappa shape index (κ1) is 15.7. The smallest absolute Gasteiger partial charge is 0.232 e. The van der Waals surface area contributed by atoms with Gasteiger partial charge in [0, 0.05) is 24.6 Å². The maximum atomic E-state index is 12.2. The first-order chi connectivity index (χ1) is 9.70. The van der Waals surface area contributed by atoms with Crippen LogP contribution in [0.2, 0.25) is 5.02 Å². The Morgan fingerprint density at radius 1 is 1.45 bits per heavy atom. The van der Waals surface area contributed by atoms with Gasteiger partial charge in [0.15, 0.2) is 0 Å². The number of halogens is 1. The van der Waals surface area contributed by atoms with Crippen molar-refractivity contribution in [3.63, 3.8) is 0 Å². The minimum atomic E-state index is 0.164. The normalized spacial score (nSPS) is 19.1. The summed E-state index contributed by atoms with van der Waals surface area (Å²) in [6.07, 6.45) is 2.94. The molecule has 1 aliphatic heterocycles. The molecule has 20 heavy (non-hydrogen) atoms. The third-order valence-electron chi connectivity index (χ3n) is 3.60. The molecule has 0 bridgehead atoms. The molecule has 110 valence electrons. The summed E-state index contributed by atoms with van der Waals surface area (Å²) in [6, 6.07) is 7.59. The molecule has 1 fully saturated rings. The van der Waals surface area contributed by atoms with E-state index >= 15 is 0 Å². The van der Waals surface area contributed by atoms with E-state index in [1.54, 1.807) is 0 Å². The van der Waals surface area contributed by atoms with Crippen LogP contribution in [0.5, 0.6) is 0 Å². The van der Waals surface area contributed by atoms with Crippen LogP contribution in [-0.2, 0) is 4.79 Å². The molecular weight excluding hydrogens is 294 g/mol. The van der Waals surface area contributed by atoms with Crippen molar-refractivity contribution >= 4 is 29.3 Å². The van der Waals surface area contributed by atoms with Crippen molar-refractivity contribution in [1.82, 2.24) is 4.90 Å². The Bertz CT molecular complexity index is 453.